The van der Waals surface area contributed by atoms with Crippen LogP contribution in [-0.2, 0) is 11.2 Å². The molecule has 2 N–H and O–H groups in total. The Morgan fingerprint density at radius 1 is 1.36 bits per heavy atom. The number of carbonyl (C=O) groups is 1. The predicted molar refractivity (Wildman–Crippen MR) is 83.1 cm³/mol. The lowest BCUT2D eigenvalue weighted by atomic mass is 10.0. The number of nitrogens with one attached hydrogen (secondary N) is 2. The van der Waals surface area contributed by atoms with E-state index in [2.05, 4.69) is 33.5 Å². The first-order valence-electron chi connectivity index (χ1n) is 7.44. The van der Waals surface area contributed by atoms with Crippen molar-refractivity contribution in [3.63, 3.8) is 0 Å². The third kappa shape index (κ3) is 2.68. The molecule has 1 aromatic carbocycles. The zero-order valence-corrected chi connectivity index (χ0v) is 13.2. The molecule has 1 amide bonds. The van der Waals surface area contributed by atoms with Gasteiger partial charge >= 0.3 is 0 Å². The summed E-state index contributed by atoms with van der Waals surface area (Å²) in [4.78, 5) is 16.5. The topological polar surface area (TPSA) is 79.9 Å². The normalized spacial score (nSPS) is 16.5. The fraction of sp³-hybridized carbons (Fsp3) is 0.438. The fourth-order valence-corrected chi connectivity index (χ4v) is 2.44. The van der Waals surface area contributed by atoms with E-state index in [0.717, 1.165) is 22.7 Å². The van der Waals surface area contributed by atoms with Crippen molar-refractivity contribution in [2.45, 2.75) is 46.1 Å². The Bertz CT molecular complexity index is 690. The Labute approximate surface area is 129 Å². The highest BCUT2D eigenvalue weighted by molar-refractivity contribution is 5.93. The van der Waals surface area contributed by atoms with Gasteiger partial charge in [-0.25, -0.2) is 0 Å². The first-order valence-corrected chi connectivity index (χ1v) is 7.44. The summed E-state index contributed by atoms with van der Waals surface area (Å²) < 4.78 is 5.75. The van der Waals surface area contributed by atoms with Gasteiger partial charge in [0.1, 0.15) is 11.6 Å². The standard InChI is InChI=1S/C16H20N4O2/c1-8(2)14-17-16(20-19-14)18-15(21)13-7-11-5-9(3)10(4)6-12(11)22-13/h5-6,8,13H,7H2,1-4H3,(H2,17,18,19,20,21). The van der Waals surface area contributed by atoms with E-state index in [-0.39, 0.29) is 11.8 Å². The average Bonchev–Trinajstić information content (AvgIpc) is 3.06. The first-order chi connectivity index (χ1) is 10.4. The van der Waals surface area contributed by atoms with Crippen LogP contribution in [0.5, 0.6) is 5.75 Å². The summed E-state index contributed by atoms with van der Waals surface area (Å²) in [5.41, 5.74) is 3.44. The number of fused-ring (bicyclic) bond motifs is 1. The molecular formula is C16H20N4O2. The zero-order valence-electron chi connectivity index (χ0n) is 13.2. The van der Waals surface area contributed by atoms with Crippen molar-refractivity contribution in [3.05, 3.63) is 34.6 Å². The van der Waals surface area contributed by atoms with Gasteiger partial charge in [0.15, 0.2) is 6.10 Å². The van der Waals surface area contributed by atoms with Crippen molar-refractivity contribution >= 4 is 11.9 Å². The van der Waals surface area contributed by atoms with Crippen molar-refractivity contribution in [1.29, 1.82) is 0 Å². The number of aromatic nitrogens is 3. The molecule has 2 heterocycles. The average molecular weight is 300 g/mol. The third-order valence-electron chi connectivity index (χ3n) is 3.93. The van der Waals surface area contributed by atoms with E-state index >= 15 is 0 Å². The van der Waals surface area contributed by atoms with Gasteiger partial charge in [-0.15, -0.1) is 5.10 Å². The van der Waals surface area contributed by atoms with Crippen molar-refractivity contribution in [3.8, 4) is 5.75 Å². The molecule has 0 saturated heterocycles. The molecule has 116 valence electrons. The minimum atomic E-state index is -0.530. The van der Waals surface area contributed by atoms with Gasteiger partial charge in [0.2, 0.25) is 5.95 Å². The summed E-state index contributed by atoms with van der Waals surface area (Å²) in [6.45, 7) is 8.11. The number of ether oxygens (including phenoxy) is 1. The smallest absolute Gasteiger partial charge is 0.268 e. The Balaban J connectivity index is 1.69. The molecule has 0 saturated carbocycles. The number of nitrogens with zero attached hydrogens (tertiary/aromatic N) is 2. The van der Waals surface area contributed by atoms with Crippen molar-refractivity contribution < 1.29 is 9.53 Å². The van der Waals surface area contributed by atoms with Gasteiger partial charge in [0.25, 0.3) is 5.91 Å². The molecule has 0 fully saturated rings. The molecular weight excluding hydrogens is 280 g/mol. The van der Waals surface area contributed by atoms with E-state index in [4.69, 9.17) is 4.74 Å². The molecule has 1 aliphatic rings. The van der Waals surface area contributed by atoms with Crippen LogP contribution in [-0.4, -0.2) is 27.2 Å². The predicted octanol–water partition coefficient (Wildman–Crippen LogP) is 2.49. The highest BCUT2D eigenvalue weighted by atomic mass is 16.5. The Morgan fingerprint density at radius 2 is 2.09 bits per heavy atom. The van der Waals surface area contributed by atoms with E-state index < -0.39 is 6.10 Å². The van der Waals surface area contributed by atoms with Gasteiger partial charge in [-0.3, -0.25) is 15.2 Å². The van der Waals surface area contributed by atoms with Crippen LogP contribution in [0.4, 0.5) is 5.95 Å². The second kappa shape index (κ2) is 5.44. The molecule has 6 nitrogen and oxygen atoms in total. The Morgan fingerprint density at radius 3 is 2.77 bits per heavy atom. The molecule has 0 radical (unpaired) electrons. The van der Waals surface area contributed by atoms with Crippen molar-refractivity contribution in [2.75, 3.05) is 5.32 Å². The second-order valence-corrected chi connectivity index (χ2v) is 6.04. The first kappa shape index (κ1) is 14.6. The summed E-state index contributed by atoms with van der Waals surface area (Å²) in [6, 6.07) is 4.07. The molecule has 1 aliphatic heterocycles. The summed E-state index contributed by atoms with van der Waals surface area (Å²) in [7, 11) is 0. The van der Waals surface area contributed by atoms with Crippen molar-refractivity contribution in [1.82, 2.24) is 15.2 Å². The SMILES string of the molecule is Cc1cc2c(cc1C)OC(C(=O)Nc1n[nH]c(C(C)C)n1)C2. The Kier molecular flexibility index (Phi) is 3.60. The summed E-state index contributed by atoms with van der Waals surface area (Å²) >= 11 is 0. The zero-order chi connectivity index (χ0) is 15.9. The molecule has 0 bridgehead atoms. The molecule has 3 rings (SSSR count). The van der Waals surface area contributed by atoms with Crippen LogP contribution in [0.1, 0.15) is 42.3 Å². The van der Waals surface area contributed by atoms with Gasteiger partial charge in [0, 0.05) is 12.3 Å². The van der Waals surface area contributed by atoms with E-state index in [1.165, 1.54) is 5.56 Å². The maximum Gasteiger partial charge on any atom is 0.268 e. The fourth-order valence-electron chi connectivity index (χ4n) is 2.44. The highest BCUT2D eigenvalue weighted by Crippen LogP contribution is 2.31. The minimum Gasteiger partial charge on any atom is -0.480 e. The van der Waals surface area contributed by atoms with Gasteiger partial charge in [0.05, 0.1) is 0 Å². The van der Waals surface area contributed by atoms with Crippen molar-refractivity contribution in [2.24, 2.45) is 0 Å². The number of hydrogen-bond donors (Lipinski definition) is 2. The lowest BCUT2D eigenvalue weighted by Gasteiger charge is -2.09. The van der Waals surface area contributed by atoms with E-state index in [1.54, 1.807) is 0 Å². The number of amides is 1. The maximum atomic E-state index is 12.3. The molecule has 6 heteroatoms. The van der Waals surface area contributed by atoms with Crippen LogP contribution in [0, 0.1) is 13.8 Å². The number of hydrogen-bond acceptors (Lipinski definition) is 4. The molecule has 22 heavy (non-hydrogen) atoms. The van der Waals surface area contributed by atoms with Crippen LogP contribution >= 0.6 is 0 Å². The monoisotopic (exact) mass is 300 g/mol. The minimum absolute atomic E-state index is 0.221. The van der Waals surface area contributed by atoms with Crippen LogP contribution in [0.25, 0.3) is 0 Å². The summed E-state index contributed by atoms with van der Waals surface area (Å²) in [6.07, 6.45) is 0.0428. The lowest BCUT2D eigenvalue weighted by molar-refractivity contribution is -0.122. The van der Waals surface area contributed by atoms with Crippen LogP contribution in [0.3, 0.4) is 0 Å². The molecule has 1 unspecified atom stereocenters. The quantitative estimate of drug-likeness (QED) is 0.912. The molecule has 1 atom stereocenters. The lowest BCUT2D eigenvalue weighted by Crippen LogP contribution is -2.31. The van der Waals surface area contributed by atoms with Gasteiger partial charge < -0.3 is 4.74 Å². The number of benzene rings is 1. The van der Waals surface area contributed by atoms with Gasteiger partial charge in [-0.05, 0) is 36.6 Å². The van der Waals surface area contributed by atoms with Gasteiger partial charge in [-0.2, -0.15) is 4.98 Å². The van der Waals surface area contributed by atoms with Gasteiger partial charge in [-0.1, -0.05) is 19.9 Å². The maximum absolute atomic E-state index is 12.3. The highest BCUT2D eigenvalue weighted by Gasteiger charge is 2.30. The second-order valence-electron chi connectivity index (χ2n) is 6.04. The summed E-state index contributed by atoms with van der Waals surface area (Å²) in [5, 5.41) is 9.52. The number of aryl methyl sites for hydroxylation is 2. The largest absolute Gasteiger partial charge is 0.480 e. The summed E-state index contributed by atoms with van der Waals surface area (Å²) in [5.74, 6) is 1.84. The van der Waals surface area contributed by atoms with Crippen LogP contribution in [0.2, 0.25) is 0 Å². The van der Waals surface area contributed by atoms with E-state index in [0.29, 0.717) is 12.4 Å². The number of aromatic amines is 1. The number of rotatable bonds is 3. The van der Waals surface area contributed by atoms with E-state index in [1.807, 2.05) is 26.8 Å². The van der Waals surface area contributed by atoms with E-state index in [9.17, 15) is 4.79 Å². The number of anilines is 1. The van der Waals surface area contributed by atoms with Crippen LogP contribution < -0.4 is 10.1 Å². The molecule has 1 aromatic heterocycles. The molecule has 0 spiro atoms. The molecule has 2 aromatic rings. The Hall–Kier alpha value is -2.37. The number of carbonyl (C=O) groups excluding carboxylic acids is 1. The molecule has 0 aliphatic carbocycles. The number of H-pyrrole nitrogens is 1. The van der Waals surface area contributed by atoms with Crippen LogP contribution in [0.15, 0.2) is 12.1 Å². The third-order valence-corrected chi connectivity index (χ3v) is 3.93.